The van der Waals surface area contributed by atoms with E-state index in [4.69, 9.17) is 10.5 Å². The van der Waals surface area contributed by atoms with Crippen molar-refractivity contribution >= 4 is 0 Å². The number of rotatable bonds is 1. The molecule has 13 heavy (non-hydrogen) atoms. The Morgan fingerprint density at radius 2 is 1.92 bits per heavy atom. The van der Waals surface area contributed by atoms with Crippen LogP contribution >= 0.6 is 0 Å². The molecule has 0 bridgehead atoms. The second-order valence-electron chi connectivity index (χ2n) is 4.19. The Morgan fingerprint density at radius 3 is 2.62 bits per heavy atom. The van der Waals surface area contributed by atoms with Gasteiger partial charge in [0.25, 0.3) is 0 Å². The molecule has 76 valence electrons. The van der Waals surface area contributed by atoms with Crippen molar-refractivity contribution in [3.05, 3.63) is 0 Å². The van der Waals surface area contributed by atoms with E-state index in [1.807, 2.05) is 0 Å². The summed E-state index contributed by atoms with van der Waals surface area (Å²) in [5, 5.41) is 0. The average Bonchev–Trinajstić information content (AvgIpc) is 2.20. The maximum absolute atomic E-state index is 6.04. The Labute approximate surface area is 80.2 Å². The number of hydrogen-bond donors (Lipinski definition) is 1. The largest absolute Gasteiger partial charge is 0.380 e. The van der Waals surface area contributed by atoms with E-state index in [2.05, 4.69) is 4.90 Å². The lowest BCUT2D eigenvalue weighted by molar-refractivity contribution is 0.0115. The molecule has 2 N–H and O–H groups in total. The molecule has 2 atom stereocenters. The minimum Gasteiger partial charge on any atom is -0.380 e. The van der Waals surface area contributed by atoms with Crippen LogP contribution in [0.25, 0.3) is 0 Å². The number of hydrogen-bond acceptors (Lipinski definition) is 3. The molecule has 0 amide bonds. The summed E-state index contributed by atoms with van der Waals surface area (Å²) in [6.45, 7) is 4.15. The third-order valence-corrected chi connectivity index (χ3v) is 3.22. The van der Waals surface area contributed by atoms with Gasteiger partial charge in [-0.2, -0.15) is 0 Å². The molecule has 1 unspecified atom stereocenters. The van der Waals surface area contributed by atoms with Crippen molar-refractivity contribution in [2.45, 2.75) is 37.8 Å². The number of nitrogens with zero attached hydrogens (tertiary/aromatic N) is 1. The van der Waals surface area contributed by atoms with E-state index >= 15 is 0 Å². The fraction of sp³-hybridized carbons (Fsp3) is 1.00. The Hall–Kier alpha value is -0.120. The van der Waals surface area contributed by atoms with E-state index in [-0.39, 0.29) is 6.04 Å². The van der Waals surface area contributed by atoms with Crippen molar-refractivity contribution in [1.82, 2.24) is 4.90 Å². The van der Waals surface area contributed by atoms with Gasteiger partial charge in [0.05, 0.1) is 6.61 Å². The molecule has 2 heterocycles. The van der Waals surface area contributed by atoms with Crippen molar-refractivity contribution in [1.29, 1.82) is 0 Å². The van der Waals surface area contributed by atoms with Gasteiger partial charge >= 0.3 is 0 Å². The first-order valence-corrected chi connectivity index (χ1v) is 5.45. The fourth-order valence-electron chi connectivity index (χ4n) is 2.45. The van der Waals surface area contributed by atoms with Gasteiger partial charge in [0.2, 0.25) is 0 Å². The standard InChI is InChI=1S/C10H20N2O/c11-9-8-13-7-4-10(9)12-5-2-1-3-6-12/h9-10H,1-8,11H2/t9-,10?/m1/s1. The first-order chi connectivity index (χ1) is 6.38. The summed E-state index contributed by atoms with van der Waals surface area (Å²) in [6.07, 6.45) is 5.23. The third kappa shape index (κ3) is 2.22. The molecule has 2 aliphatic heterocycles. The van der Waals surface area contributed by atoms with Gasteiger partial charge in [0.1, 0.15) is 0 Å². The smallest absolute Gasteiger partial charge is 0.0632 e. The zero-order valence-electron chi connectivity index (χ0n) is 8.24. The van der Waals surface area contributed by atoms with Gasteiger partial charge in [0.15, 0.2) is 0 Å². The normalized spacial score (nSPS) is 37.6. The van der Waals surface area contributed by atoms with E-state index in [0.717, 1.165) is 19.6 Å². The molecule has 0 aromatic rings. The molecular formula is C10H20N2O. The predicted molar refractivity (Wildman–Crippen MR) is 52.6 cm³/mol. The van der Waals surface area contributed by atoms with Crippen LogP contribution in [0.15, 0.2) is 0 Å². The molecule has 2 aliphatic rings. The summed E-state index contributed by atoms with van der Waals surface area (Å²) in [5.41, 5.74) is 6.04. The minimum atomic E-state index is 0.242. The summed E-state index contributed by atoms with van der Waals surface area (Å²) in [6, 6.07) is 0.834. The van der Waals surface area contributed by atoms with E-state index in [1.54, 1.807) is 0 Å². The highest BCUT2D eigenvalue weighted by Crippen LogP contribution is 2.18. The number of ether oxygens (including phenoxy) is 1. The van der Waals surface area contributed by atoms with Gasteiger partial charge in [0, 0.05) is 18.7 Å². The Kier molecular flexibility index (Phi) is 3.19. The van der Waals surface area contributed by atoms with Crippen molar-refractivity contribution in [3.8, 4) is 0 Å². The van der Waals surface area contributed by atoms with Crippen molar-refractivity contribution in [2.75, 3.05) is 26.3 Å². The molecule has 0 aromatic carbocycles. The molecule has 0 radical (unpaired) electrons. The summed E-state index contributed by atoms with van der Waals surface area (Å²) < 4.78 is 5.35. The average molecular weight is 184 g/mol. The van der Waals surface area contributed by atoms with E-state index in [1.165, 1.54) is 32.4 Å². The molecule has 3 heteroatoms. The fourth-order valence-corrected chi connectivity index (χ4v) is 2.45. The lowest BCUT2D eigenvalue weighted by Crippen LogP contribution is -2.54. The predicted octanol–water partition coefficient (Wildman–Crippen LogP) is 0.588. The van der Waals surface area contributed by atoms with Crippen LogP contribution in [0.3, 0.4) is 0 Å². The van der Waals surface area contributed by atoms with Crippen LogP contribution in [0.4, 0.5) is 0 Å². The zero-order valence-corrected chi connectivity index (χ0v) is 8.24. The van der Waals surface area contributed by atoms with Crippen LogP contribution in [0, 0.1) is 0 Å². The topological polar surface area (TPSA) is 38.5 Å². The van der Waals surface area contributed by atoms with Gasteiger partial charge in [-0.15, -0.1) is 0 Å². The Bertz CT molecular complexity index is 157. The Morgan fingerprint density at radius 1 is 1.15 bits per heavy atom. The van der Waals surface area contributed by atoms with E-state index < -0.39 is 0 Å². The van der Waals surface area contributed by atoms with E-state index in [9.17, 15) is 0 Å². The second-order valence-corrected chi connectivity index (χ2v) is 4.19. The van der Waals surface area contributed by atoms with Gasteiger partial charge in [-0.1, -0.05) is 6.42 Å². The van der Waals surface area contributed by atoms with Gasteiger partial charge < -0.3 is 10.5 Å². The van der Waals surface area contributed by atoms with Crippen LogP contribution in [0.1, 0.15) is 25.7 Å². The lowest BCUT2D eigenvalue weighted by Gasteiger charge is -2.40. The minimum absolute atomic E-state index is 0.242. The molecule has 0 aliphatic carbocycles. The zero-order chi connectivity index (χ0) is 9.10. The number of nitrogens with two attached hydrogens (primary N) is 1. The second kappa shape index (κ2) is 4.40. The molecule has 2 fully saturated rings. The van der Waals surface area contributed by atoms with Crippen LogP contribution in [-0.4, -0.2) is 43.3 Å². The highest BCUT2D eigenvalue weighted by molar-refractivity contribution is 4.86. The van der Waals surface area contributed by atoms with Crippen LogP contribution < -0.4 is 5.73 Å². The van der Waals surface area contributed by atoms with Gasteiger partial charge in [-0.3, -0.25) is 4.90 Å². The monoisotopic (exact) mass is 184 g/mol. The van der Waals surface area contributed by atoms with Crippen LogP contribution in [0.2, 0.25) is 0 Å². The molecule has 0 saturated carbocycles. The summed E-state index contributed by atoms with van der Waals surface area (Å²) in [7, 11) is 0. The number of piperidine rings is 1. The summed E-state index contributed by atoms with van der Waals surface area (Å²) in [4.78, 5) is 2.57. The molecule has 0 spiro atoms. The van der Waals surface area contributed by atoms with Crippen molar-refractivity contribution in [3.63, 3.8) is 0 Å². The molecule has 2 saturated heterocycles. The molecule has 0 aromatic heterocycles. The maximum atomic E-state index is 6.04. The highest BCUT2D eigenvalue weighted by atomic mass is 16.5. The summed E-state index contributed by atoms with van der Waals surface area (Å²) in [5.74, 6) is 0. The van der Waals surface area contributed by atoms with Gasteiger partial charge in [-0.25, -0.2) is 0 Å². The number of likely N-dealkylation sites (tertiary alicyclic amines) is 1. The van der Waals surface area contributed by atoms with Crippen molar-refractivity contribution < 1.29 is 4.74 Å². The third-order valence-electron chi connectivity index (χ3n) is 3.22. The first kappa shape index (κ1) is 9.44. The highest BCUT2D eigenvalue weighted by Gasteiger charge is 2.28. The first-order valence-electron chi connectivity index (χ1n) is 5.45. The van der Waals surface area contributed by atoms with Gasteiger partial charge in [-0.05, 0) is 32.4 Å². The lowest BCUT2D eigenvalue weighted by atomic mass is 9.99. The molecular weight excluding hydrogens is 164 g/mol. The molecule has 3 nitrogen and oxygen atoms in total. The molecule has 2 rings (SSSR count). The Balaban J connectivity index is 1.88. The maximum Gasteiger partial charge on any atom is 0.0632 e. The SMILES string of the molecule is N[C@@H]1COCCC1N1CCCCC1. The van der Waals surface area contributed by atoms with Crippen LogP contribution in [0.5, 0.6) is 0 Å². The van der Waals surface area contributed by atoms with E-state index in [0.29, 0.717) is 6.04 Å². The van der Waals surface area contributed by atoms with Crippen LogP contribution in [-0.2, 0) is 4.74 Å². The summed E-state index contributed by atoms with van der Waals surface area (Å²) >= 11 is 0. The van der Waals surface area contributed by atoms with Crippen molar-refractivity contribution in [2.24, 2.45) is 5.73 Å². The quantitative estimate of drug-likeness (QED) is 0.648.